The van der Waals surface area contributed by atoms with Crippen LogP contribution in [-0.2, 0) is 27.7 Å². The van der Waals surface area contributed by atoms with Gasteiger partial charge in [0.2, 0.25) is 10.0 Å². The van der Waals surface area contributed by atoms with Crippen molar-refractivity contribution < 1.29 is 22.7 Å². The number of nitrogens with zero attached hydrogens (tertiary/aromatic N) is 2. The Bertz CT molecular complexity index is 1010. The standard InChI is InChI=1S/C21H29N3O5S2/c1-15-19(17(25)14-31(22,27)28)23-18(30-15)13-24(20(26)29-21(2,3)4)12-8-11-16-9-6-5-7-10-16/h5-7,9-10H,8,11-14H2,1-4H3,(H2,22,27,28). The molecule has 31 heavy (non-hydrogen) atoms. The molecule has 2 rings (SSSR count). The van der Waals surface area contributed by atoms with Crippen LogP contribution in [0.5, 0.6) is 0 Å². The monoisotopic (exact) mass is 467 g/mol. The molecule has 10 heteroatoms. The molecule has 0 aliphatic heterocycles. The topological polar surface area (TPSA) is 120 Å². The average Bonchev–Trinajstić information content (AvgIpc) is 2.99. The van der Waals surface area contributed by atoms with Gasteiger partial charge in [0.25, 0.3) is 0 Å². The summed E-state index contributed by atoms with van der Waals surface area (Å²) in [4.78, 5) is 31.4. The van der Waals surface area contributed by atoms with E-state index in [0.29, 0.717) is 16.4 Å². The number of aryl methyl sites for hydroxylation is 2. The minimum atomic E-state index is -3.94. The molecule has 0 fully saturated rings. The third kappa shape index (κ3) is 8.76. The second-order valence-electron chi connectivity index (χ2n) is 8.23. The molecule has 0 saturated carbocycles. The number of hydrogen-bond acceptors (Lipinski definition) is 7. The summed E-state index contributed by atoms with van der Waals surface area (Å²) in [6.45, 7) is 7.69. The van der Waals surface area contributed by atoms with Crippen molar-refractivity contribution in [1.29, 1.82) is 0 Å². The van der Waals surface area contributed by atoms with Gasteiger partial charge in [-0.3, -0.25) is 4.79 Å². The molecule has 0 aliphatic rings. The van der Waals surface area contributed by atoms with Gasteiger partial charge in [-0.1, -0.05) is 30.3 Å². The summed E-state index contributed by atoms with van der Waals surface area (Å²) < 4.78 is 28.0. The Morgan fingerprint density at radius 1 is 1.19 bits per heavy atom. The van der Waals surface area contributed by atoms with Crippen LogP contribution in [0.25, 0.3) is 0 Å². The van der Waals surface area contributed by atoms with Crippen LogP contribution < -0.4 is 5.14 Å². The maximum absolute atomic E-state index is 12.7. The summed E-state index contributed by atoms with van der Waals surface area (Å²) in [6, 6.07) is 9.96. The summed E-state index contributed by atoms with van der Waals surface area (Å²) in [5, 5.41) is 5.50. The smallest absolute Gasteiger partial charge is 0.410 e. The second-order valence-corrected chi connectivity index (χ2v) is 11.1. The normalized spacial score (nSPS) is 11.9. The van der Waals surface area contributed by atoms with Crippen molar-refractivity contribution in [3.05, 3.63) is 51.5 Å². The molecule has 0 bridgehead atoms. The number of benzene rings is 1. The molecule has 0 saturated heterocycles. The van der Waals surface area contributed by atoms with Gasteiger partial charge in [0.1, 0.15) is 22.1 Å². The Labute approximate surface area is 187 Å². The molecular formula is C21H29N3O5S2. The first-order valence-corrected chi connectivity index (χ1v) is 12.4. The van der Waals surface area contributed by atoms with E-state index in [2.05, 4.69) is 4.98 Å². The fourth-order valence-corrected chi connectivity index (χ4v) is 4.34. The SMILES string of the molecule is Cc1sc(CN(CCCc2ccccc2)C(=O)OC(C)(C)C)nc1C(=O)CS(N)(=O)=O. The van der Waals surface area contributed by atoms with Gasteiger partial charge in [-0.05, 0) is 46.1 Å². The Morgan fingerprint density at radius 3 is 2.42 bits per heavy atom. The lowest BCUT2D eigenvalue weighted by Crippen LogP contribution is -2.37. The van der Waals surface area contributed by atoms with Gasteiger partial charge in [0, 0.05) is 11.4 Å². The van der Waals surface area contributed by atoms with Gasteiger partial charge >= 0.3 is 6.09 Å². The van der Waals surface area contributed by atoms with Gasteiger partial charge < -0.3 is 9.64 Å². The number of thiazole rings is 1. The van der Waals surface area contributed by atoms with E-state index in [9.17, 15) is 18.0 Å². The van der Waals surface area contributed by atoms with E-state index in [-0.39, 0.29) is 12.2 Å². The molecule has 2 N–H and O–H groups in total. The molecule has 0 aliphatic carbocycles. The summed E-state index contributed by atoms with van der Waals surface area (Å²) in [7, 11) is -3.94. The molecule has 2 aromatic rings. The lowest BCUT2D eigenvalue weighted by atomic mass is 10.1. The summed E-state index contributed by atoms with van der Waals surface area (Å²) in [5.41, 5.74) is 0.597. The Morgan fingerprint density at radius 2 is 1.84 bits per heavy atom. The first-order chi connectivity index (χ1) is 14.3. The van der Waals surface area contributed by atoms with Gasteiger partial charge in [-0.25, -0.2) is 23.3 Å². The molecule has 1 aromatic heterocycles. The average molecular weight is 468 g/mol. The van der Waals surface area contributed by atoms with E-state index in [4.69, 9.17) is 9.88 Å². The maximum atomic E-state index is 12.7. The van der Waals surface area contributed by atoms with Crippen molar-refractivity contribution in [3.8, 4) is 0 Å². The number of hydrogen-bond donors (Lipinski definition) is 1. The van der Waals surface area contributed by atoms with E-state index in [1.165, 1.54) is 16.9 Å². The lowest BCUT2D eigenvalue weighted by Gasteiger charge is -2.27. The van der Waals surface area contributed by atoms with Gasteiger partial charge in [0.05, 0.1) is 6.54 Å². The Balaban J connectivity index is 2.13. The first kappa shape index (κ1) is 25.0. The molecule has 170 valence electrons. The zero-order valence-electron chi connectivity index (χ0n) is 18.3. The van der Waals surface area contributed by atoms with Crippen LogP contribution in [0.15, 0.2) is 30.3 Å². The number of nitrogens with two attached hydrogens (primary N) is 1. The third-order valence-electron chi connectivity index (χ3n) is 4.15. The van der Waals surface area contributed by atoms with Crippen LogP contribution >= 0.6 is 11.3 Å². The predicted octanol–water partition coefficient (Wildman–Crippen LogP) is 3.29. The minimum Gasteiger partial charge on any atom is -0.444 e. The maximum Gasteiger partial charge on any atom is 0.410 e. The number of carbonyl (C=O) groups is 2. The molecule has 0 radical (unpaired) electrons. The highest BCUT2D eigenvalue weighted by Crippen LogP contribution is 2.21. The predicted molar refractivity (Wildman–Crippen MR) is 121 cm³/mol. The second kappa shape index (κ2) is 10.3. The quantitative estimate of drug-likeness (QED) is 0.565. The number of ketones is 1. The molecule has 0 spiro atoms. The van der Waals surface area contributed by atoms with Crippen molar-refractivity contribution in [2.75, 3.05) is 12.3 Å². The number of aromatic nitrogens is 1. The van der Waals surface area contributed by atoms with Crippen LogP contribution in [0.1, 0.15) is 53.1 Å². The molecule has 1 amide bonds. The fourth-order valence-electron chi connectivity index (χ4n) is 2.87. The molecule has 1 aromatic carbocycles. The summed E-state index contributed by atoms with van der Waals surface area (Å²) in [6.07, 6.45) is 1.06. The Hall–Kier alpha value is -2.30. The van der Waals surface area contributed by atoms with Crippen LogP contribution in [0.4, 0.5) is 4.79 Å². The highest BCUT2D eigenvalue weighted by molar-refractivity contribution is 7.89. The number of primary sulfonamides is 1. The number of rotatable bonds is 9. The number of amides is 1. The van der Waals surface area contributed by atoms with E-state index in [1.54, 1.807) is 32.6 Å². The van der Waals surface area contributed by atoms with Crippen molar-refractivity contribution in [1.82, 2.24) is 9.88 Å². The van der Waals surface area contributed by atoms with E-state index in [0.717, 1.165) is 12.8 Å². The van der Waals surface area contributed by atoms with Crippen LogP contribution in [0.3, 0.4) is 0 Å². The molecule has 0 atom stereocenters. The zero-order valence-corrected chi connectivity index (χ0v) is 19.9. The minimum absolute atomic E-state index is 0.0717. The fraction of sp³-hybridized carbons (Fsp3) is 0.476. The van der Waals surface area contributed by atoms with E-state index >= 15 is 0 Å². The number of carbonyl (C=O) groups excluding carboxylic acids is 2. The zero-order chi connectivity index (χ0) is 23.2. The van der Waals surface area contributed by atoms with Crippen LogP contribution in [-0.4, -0.2) is 48.1 Å². The highest BCUT2D eigenvalue weighted by Gasteiger charge is 2.25. The van der Waals surface area contributed by atoms with Crippen LogP contribution in [0, 0.1) is 6.92 Å². The van der Waals surface area contributed by atoms with Crippen molar-refractivity contribution >= 4 is 33.2 Å². The van der Waals surface area contributed by atoms with Crippen molar-refractivity contribution in [2.45, 2.75) is 52.7 Å². The number of Topliss-reactive ketones (excluding diaryl/α,β-unsaturated/α-hetero) is 1. The molecule has 1 heterocycles. The first-order valence-electron chi connectivity index (χ1n) is 9.86. The van der Waals surface area contributed by atoms with Gasteiger partial charge in [-0.15, -0.1) is 11.3 Å². The lowest BCUT2D eigenvalue weighted by molar-refractivity contribution is 0.0231. The number of sulfonamides is 1. The van der Waals surface area contributed by atoms with Crippen molar-refractivity contribution in [3.63, 3.8) is 0 Å². The highest BCUT2D eigenvalue weighted by atomic mass is 32.2. The summed E-state index contributed by atoms with van der Waals surface area (Å²) >= 11 is 1.25. The third-order valence-corrected chi connectivity index (χ3v) is 5.77. The van der Waals surface area contributed by atoms with Crippen LogP contribution in [0.2, 0.25) is 0 Å². The van der Waals surface area contributed by atoms with Gasteiger partial charge in [-0.2, -0.15) is 0 Å². The molecular weight excluding hydrogens is 438 g/mol. The molecule has 8 nitrogen and oxygen atoms in total. The van der Waals surface area contributed by atoms with E-state index in [1.807, 2.05) is 30.3 Å². The Kier molecular flexibility index (Phi) is 8.33. The largest absolute Gasteiger partial charge is 0.444 e. The molecule has 0 unspecified atom stereocenters. The number of ether oxygens (including phenoxy) is 1. The van der Waals surface area contributed by atoms with Crippen molar-refractivity contribution in [2.24, 2.45) is 5.14 Å². The van der Waals surface area contributed by atoms with E-state index < -0.39 is 33.3 Å². The summed E-state index contributed by atoms with van der Waals surface area (Å²) in [5.74, 6) is -1.46. The van der Waals surface area contributed by atoms with Gasteiger partial charge in [0.15, 0.2) is 5.78 Å².